The normalized spacial score (nSPS) is 11.3. The summed E-state index contributed by atoms with van der Waals surface area (Å²) in [6.07, 6.45) is 1.75. The molecule has 0 aromatic carbocycles. The number of carbonyl (C=O) groups is 1. The van der Waals surface area contributed by atoms with Gasteiger partial charge in [-0.25, -0.2) is 4.79 Å². The molecule has 96 valence electrons. The average molecular weight is 230 g/mol. The van der Waals surface area contributed by atoms with Gasteiger partial charge in [0.25, 0.3) is 0 Å². The fourth-order valence-corrected chi connectivity index (χ4v) is 1.67. The summed E-state index contributed by atoms with van der Waals surface area (Å²) in [5.41, 5.74) is -0.164. The maximum absolute atomic E-state index is 11.7. The van der Waals surface area contributed by atoms with Gasteiger partial charge in [-0.3, -0.25) is 0 Å². The summed E-state index contributed by atoms with van der Waals surface area (Å²) < 4.78 is 0. The molecule has 4 heteroatoms. The number of rotatable bonds is 7. The van der Waals surface area contributed by atoms with E-state index in [9.17, 15) is 9.90 Å². The van der Waals surface area contributed by atoms with Gasteiger partial charge in [0, 0.05) is 25.0 Å². The van der Waals surface area contributed by atoms with Crippen LogP contribution in [-0.4, -0.2) is 42.3 Å². The summed E-state index contributed by atoms with van der Waals surface area (Å²) in [6.45, 7) is 10.1. The SMILES string of the molecule is CCN(CC)C(=O)NCC(CC)(CC)CO. The van der Waals surface area contributed by atoms with Gasteiger partial charge >= 0.3 is 6.03 Å². The highest BCUT2D eigenvalue weighted by Gasteiger charge is 2.26. The van der Waals surface area contributed by atoms with Crippen molar-refractivity contribution < 1.29 is 9.90 Å². The second kappa shape index (κ2) is 7.49. The molecule has 0 fully saturated rings. The van der Waals surface area contributed by atoms with Crippen LogP contribution >= 0.6 is 0 Å². The van der Waals surface area contributed by atoms with Gasteiger partial charge in [0.1, 0.15) is 0 Å². The van der Waals surface area contributed by atoms with Crippen molar-refractivity contribution in [2.24, 2.45) is 5.41 Å². The molecule has 0 heterocycles. The Labute approximate surface area is 99.0 Å². The van der Waals surface area contributed by atoms with Gasteiger partial charge in [0.15, 0.2) is 0 Å². The molecule has 0 bridgehead atoms. The molecule has 0 saturated heterocycles. The summed E-state index contributed by atoms with van der Waals surface area (Å²) in [5.74, 6) is 0. The minimum atomic E-state index is -0.164. The Hall–Kier alpha value is -0.770. The molecule has 16 heavy (non-hydrogen) atoms. The molecule has 0 aliphatic rings. The molecule has 0 radical (unpaired) electrons. The van der Waals surface area contributed by atoms with E-state index >= 15 is 0 Å². The number of carbonyl (C=O) groups excluding carboxylic acids is 1. The quantitative estimate of drug-likeness (QED) is 0.701. The maximum atomic E-state index is 11.7. The minimum Gasteiger partial charge on any atom is -0.396 e. The van der Waals surface area contributed by atoms with E-state index in [0.717, 1.165) is 12.8 Å². The van der Waals surface area contributed by atoms with Gasteiger partial charge in [-0.1, -0.05) is 13.8 Å². The van der Waals surface area contributed by atoms with Gasteiger partial charge in [-0.15, -0.1) is 0 Å². The van der Waals surface area contributed by atoms with Crippen LogP contribution in [0.4, 0.5) is 4.79 Å². The average Bonchev–Trinajstić information content (AvgIpc) is 2.33. The first kappa shape index (κ1) is 15.2. The predicted molar refractivity (Wildman–Crippen MR) is 66.4 cm³/mol. The van der Waals surface area contributed by atoms with Crippen molar-refractivity contribution >= 4 is 6.03 Å². The van der Waals surface area contributed by atoms with Crippen molar-refractivity contribution in [2.45, 2.75) is 40.5 Å². The molecule has 2 N–H and O–H groups in total. The van der Waals surface area contributed by atoms with Gasteiger partial charge in [-0.2, -0.15) is 0 Å². The lowest BCUT2D eigenvalue weighted by Gasteiger charge is -2.30. The molecule has 0 aliphatic heterocycles. The van der Waals surface area contributed by atoms with E-state index in [1.807, 2.05) is 27.7 Å². The third-order valence-corrected chi connectivity index (χ3v) is 3.50. The van der Waals surface area contributed by atoms with Crippen LogP contribution in [0.3, 0.4) is 0 Å². The van der Waals surface area contributed by atoms with Crippen LogP contribution in [0.25, 0.3) is 0 Å². The second-order valence-corrected chi connectivity index (χ2v) is 4.20. The Balaban J connectivity index is 4.25. The molecule has 2 amide bonds. The number of amides is 2. The molecule has 4 nitrogen and oxygen atoms in total. The number of nitrogens with one attached hydrogen (secondary N) is 1. The molecule has 0 unspecified atom stereocenters. The number of hydrogen-bond acceptors (Lipinski definition) is 2. The van der Waals surface area contributed by atoms with Crippen molar-refractivity contribution in [1.82, 2.24) is 10.2 Å². The van der Waals surface area contributed by atoms with Crippen molar-refractivity contribution in [3.63, 3.8) is 0 Å². The van der Waals surface area contributed by atoms with E-state index in [1.165, 1.54) is 0 Å². The van der Waals surface area contributed by atoms with Gasteiger partial charge in [0.05, 0.1) is 6.61 Å². The summed E-state index contributed by atoms with van der Waals surface area (Å²) in [5, 5.41) is 12.3. The summed E-state index contributed by atoms with van der Waals surface area (Å²) in [6, 6.07) is -0.0373. The number of urea groups is 1. The van der Waals surface area contributed by atoms with E-state index in [4.69, 9.17) is 0 Å². The number of aliphatic hydroxyl groups is 1. The van der Waals surface area contributed by atoms with Crippen molar-refractivity contribution in [2.75, 3.05) is 26.2 Å². The second-order valence-electron chi connectivity index (χ2n) is 4.20. The fourth-order valence-electron chi connectivity index (χ4n) is 1.67. The Morgan fingerprint density at radius 3 is 2.00 bits per heavy atom. The highest BCUT2D eigenvalue weighted by atomic mass is 16.3. The first-order valence-electron chi connectivity index (χ1n) is 6.22. The van der Waals surface area contributed by atoms with Crippen LogP contribution in [-0.2, 0) is 0 Å². The minimum absolute atomic E-state index is 0.0373. The maximum Gasteiger partial charge on any atom is 0.317 e. The zero-order valence-electron chi connectivity index (χ0n) is 11.0. The summed E-state index contributed by atoms with van der Waals surface area (Å²) >= 11 is 0. The van der Waals surface area contributed by atoms with Crippen molar-refractivity contribution in [3.8, 4) is 0 Å². The lowest BCUT2D eigenvalue weighted by molar-refractivity contribution is 0.112. The number of hydrogen-bond donors (Lipinski definition) is 2. The summed E-state index contributed by atoms with van der Waals surface area (Å²) in [4.78, 5) is 13.5. The Kier molecular flexibility index (Phi) is 7.13. The largest absolute Gasteiger partial charge is 0.396 e. The Bertz CT molecular complexity index is 191. The standard InChI is InChI=1S/C12H26N2O2/c1-5-12(6-2,10-15)9-13-11(16)14(7-3)8-4/h15H,5-10H2,1-4H3,(H,13,16). The first-order valence-corrected chi connectivity index (χ1v) is 6.22. The van der Waals surface area contributed by atoms with Crippen molar-refractivity contribution in [3.05, 3.63) is 0 Å². The van der Waals surface area contributed by atoms with E-state index in [-0.39, 0.29) is 18.1 Å². The zero-order chi connectivity index (χ0) is 12.6. The molecule has 0 aromatic rings. The number of nitrogens with zero attached hydrogens (tertiary/aromatic N) is 1. The van der Waals surface area contributed by atoms with Crippen molar-refractivity contribution in [1.29, 1.82) is 0 Å². The molecule has 0 aromatic heterocycles. The molecule has 0 spiro atoms. The predicted octanol–water partition coefficient (Wildman–Crippen LogP) is 1.84. The molecule has 0 atom stereocenters. The molecule has 0 rings (SSSR count). The van der Waals surface area contributed by atoms with Crippen LogP contribution in [0.5, 0.6) is 0 Å². The van der Waals surface area contributed by atoms with Crippen LogP contribution in [0.2, 0.25) is 0 Å². The van der Waals surface area contributed by atoms with Gasteiger partial charge in [0.2, 0.25) is 0 Å². The Morgan fingerprint density at radius 2 is 1.69 bits per heavy atom. The number of aliphatic hydroxyl groups excluding tert-OH is 1. The van der Waals surface area contributed by atoms with Gasteiger partial charge in [-0.05, 0) is 26.7 Å². The summed E-state index contributed by atoms with van der Waals surface area (Å²) in [7, 11) is 0. The fraction of sp³-hybridized carbons (Fsp3) is 0.917. The lowest BCUT2D eigenvalue weighted by Crippen LogP contribution is -2.45. The smallest absolute Gasteiger partial charge is 0.317 e. The van der Waals surface area contributed by atoms with Crippen LogP contribution in [0.1, 0.15) is 40.5 Å². The van der Waals surface area contributed by atoms with E-state index in [0.29, 0.717) is 19.6 Å². The molecular weight excluding hydrogens is 204 g/mol. The Morgan fingerprint density at radius 1 is 1.19 bits per heavy atom. The highest BCUT2D eigenvalue weighted by molar-refractivity contribution is 5.74. The third kappa shape index (κ3) is 4.00. The monoisotopic (exact) mass is 230 g/mol. The molecular formula is C12H26N2O2. The first-order chi connectivity index (χ1) is 7.59. The van der Waals surface area contributed by atoms with Crippen LogP contribution in [0, 0.1) is 5.41 Å². The molecule has 0 aliphatic carbocycles. The van der Waals surface area contributed by atoms with E-state index in [1.54, 1.807) is 4.90 Å². The van der Waals surface area contributed by atoms with Gasteiger partial charge < -0.3 is 15.3 Å². The van der Waals surface area contributed by atoms with Crippen LogP contribution < -0.4 is 5.32 Å². The van der Waals surface area contributed by atoms with E-state index < -0.39 is 0 Å². The lowest BCUT2D eigenvalue weighted by atomic mass is 9.83. The molecule has 0 saturated carbocycles. The topological polar surface area (TPSA) is 52.6 Å². The highest BCUT2D eigenvalue weighted by Crippen LogP contribution is 2.24. The van der Waals surface area contributed by atoms with Crippen LogP contribution in [0.15, 0.2) is 0 Å². The zero-order valence-corrected chi connectivity index (χ0v) is 11.0. The third-order valence-electron chi connectivity index (χ3n) is 3.50. The van der Waals surface area contributed by atoms with E-state index in [2.05, 4.69) is 5.32 Å².